The summed E-state index contributed by atoms with van der Waals surface area (Å²) in [6.45, 7) is 7.98. The van der Waals surface area contributed by atoms with E-state index in [0.717, 1.165) is 36.3 Å². The van der Waals surface area contributed by atoms with Gasteiger partial charge in [0.1, 0.15) is 9.84 Å². The van der Waals surface area contributed by atoms with Crippen molar-refractivity contribution in [1.82, 2.24) is 0 Å². The number of nitrogens with one attached hydrogen (secondary N) is 1. The molecule has 0 atom stereocenters. The Balaban J connectivity index is 2.75. The van der Waals surface area contributed by atoms with Gasteiger partial charge in [0, 0.05) is 37.1 Å². The summed E-state index contributed by atoms with van der Waals surface area (Å²) in [6, 6.07) is 5.85. The van der Waals surface area contributed by atoms with Crippen molar-refractivity contribution in [3.63, 3.8) is 0 Å². The van der Waals surface area contributed by atoms with Gasteiger partial charge in [0.25, 0.3) is 0 Å². The van der Waals surface area contributed by atoms with Crippen molar-refractivity contribution in [2.45, 2.75) is 27.2 Å². The maximum atomic E-state index is 11.8. The van der Waals surface area contributed by atoms with Gasteiger partial charge in [-0.2, -0.15) is 0 Å². The summed E-state index contributed by atoms with van der Waals surface area (Å²) in [7, 11) is -3.11. The SMILES string of the molecule is CCN(CC)c1ccc(NC(=O)CCS(C)(=O)=O)c(C)c1. The van der Waals surface area contributed by atoms with Crippen LogP contribution in [0.2, 0.25) is 0 Å². The van der Waals surface area contributed by atoms with E-state index in [1.807, 2.05) is 25.1 Å². The minimum Gasteiger partial charge on any atom is -0.372 e. The summed E-state index contributed by atoms with van der Waals surface area (Å²) >= 11 is 0. The minimum atomic E-state index is -3.11. The van der Waals surface area contributed by atoms with Gasteiger partial charge < -0.3 is 10.2 Å². The Hall–Kier alpha value is -1.56. The fourth-order valence-electron chi connectivity index (χ4n) is 2.06. The molecule has 0 unspecified atom stereocenters. The predicted molar refractivity (Wildman–Crippen MR) is 87.7 cm³/mol. The molecule has 5 nitrogen and oxygen atoms in total. The summed E-state index contributed by atoms with van der Waals surface area (Å²) in [4.78, 5) is 14.0. The third kappa shape index (κ3) is 5.75. The van der Waals surface area contributed by atoms with Crippen LogP contribution in [-0.2, 0) is 14.6 Å². The third-order valence-corrected chi connectivity index (χ3v) is 4.26. The summed E-state index contributed by atoms with van der Waals surface area (Å²) in [5.74, 6) is -0.408. The maximum Gasteiger partial charge on any atom is 0.225 e. The summed E-state index contributed by atoms with van der Waals surface area (Å²) in [6.07, 6.45) is 1.11. The van der Waals surface area contributed by atoms with Gasteiger partial charge in [-0.1, -0.05) is 0 Å². The second kappa shape index (κ2) is 7.45. The maximum absolute atomic E-state index is 11.8. The van der Waals surface area contributed by atoms with E-state index in [4.69, 9.17) is 0 Å². The Morgan fingerprint density at radius 2 is 1.86 bits per heavy atom. The molecule has 1 N–H and O–H groups in total. The molecule has 0 radical (unpaired) electrons. The number of anilines is 2. The lowest BCUT2D eigenvalue weighted by molar-refractivity contribution is -0.115. The fraction of sp³-hybridized carbons (Fsp3) is 0.533. The van der Waals surface area contributed by atoms with E-state index in [2.05, 4.69) is 24.1 Å². The smallest absolute Gasteiger partial charge is 0.225 e. The highest BCUT2D eigenvalue weighted by molar-refractivity contribution is 7.90. The molecule has 0 saturated carbocycles. The number of sulfone groups is 1. The van der Waals surface area contributed by atoms with E-state index >= 15 is 0 Å². The quantitative estimate of drug-likeness (QED) is 0.838. The Labute approximate surface area is 127 Å². The van der Waals surface area contributed by atoms with Gasteiger partial charge in [0.05, 0.1) is 5.75 Å². The molecule has 0 spiro atoms. The molecule has 6 heteroatoms. The van der Waals surface area contributed by atoms with Crippen LogP contribution in [-0.4, -0.2) is 39.4 Å². The highest BCUT2D eigenvalue weighted by atomic mass is 32.2. The number of hydrogen-bond acceptors (Lipinski definition) is 4. The van der Waals surface area contributed by atoms with E-state index in [1.54, 1.807) is 0 Å². The van der Waals surface area contributed by atoms with E-state index in [9.17, 15) is 13.2 Å². The van der Waals surface area contributed by atoms with Crippen LogP contribution in [0, 0.1) is 6.92 Å². The summed E-state index contributed by atoms with van der Waals surface area (Å²) in [5, 5.41) is 2.76. The largest absolute Gasteiger partial charge is 0.372 e. The first kappa shape index (κ1) is 17.5. The van der Waals surface area contributed by atoms with E-state index in [1.165, 1.54) is 0 Å². The molecule has 0 aliphatic carbocycles. The average molecular weight is 312 g/mol. The molecule has 0 saturated heterocycles. The average Bonchev–Trinajstić information content (AvgIpc) is 2.40. The highest BCUT2D eigenvalue weighted by Crippen LogP contribution is 2.22. The van der Waals surface area contributed by atoms with Crippen LogP contribution in [0.4, 0.5) is 11.4 Å². The highest BCUT2D eigenvalue weighted by Gasteiger charge is 2.10. The Kier molecular flexibility index (Phi) is 6.20. The molecule has 21 heavy (non-hydrogen) atoms. The van der Waals surface area contributed by atoms with Crippen LogP contribution in [0.5, 0.6) is 0 Å². The van der Waals surface area contributed by atoms with E-state index < -0.39 is 9.84 Å². The Bertz CT molecular complexity index is 593. The van der Waals surface area contributed by atoms with Gasteiger partial charge in [0.2, 0.25) is 5.91 Å². The van der Waals surface area contributed by atoms with Crippen molar-refractivity contribution in [3.05, 3.63) is 23.8 Å². The lowest BCUT2D eigenvalue weighted by atomic mass is 10.1. The van der Waals surface area contributed by atoms with Crippen LogP contribution in [0.15, 0.2) is 18.2 Å². The van der Waals surface area contributed by atoms with Crippen molar-refractivity contribution in [3.8, 4) is 0 Å². The van der Waals surface area contributed by atoms with Crippen LogP contribution in [0.1, 0.15) is 25.8 Å². The summed E-state index contributed by atoms with van der Waals surface area (Å²) in [5.41, 5.74) is 2.81. The molecule has 118 valence electrons. The molecular formula is C15H24N2O3S. The van der Waals surface area contributed by atoms with Crippen LogP contribution in [0.3, 0.4) is 0 Å². The number of amides is 1. The zero-order valence-corrected chi connectivity index (χ0v) is 14.0. The lowest BCUT2D eigenvalue weighted by Crippen LogP contribution is -2.22. The normalized spacial score (nSPS) is 11.2. The van der Waals surface area contributed by atoms with Gasteiger partial charge in [0.15, 0.2) is 0 Å². The predicted octanol–water partition coefficient (Wildman–Crippen LogP) is 2.21. The van der Waals surface area contributed by atoms with Crippen molar-refractivity contribution in [1.29, 1.82) is 0 Å². The molecule has 1 aromatic carbocycles. The van der Waals surface area contributed by atoms with Gasteiger partial charge in [-0.15, -0.1) is 0 Å². The van der Waals surface area contributed by atoms with E-state index in [-0.39, 0.29) is 18.1 Å². The van der Waals surface area contributed by atoms with Crippen molar-refractivity contribution >= 4 is 27.1 Å². The van der Waals surface area contributed by atoms with Crippen molar-refractivity contribution < 1.29 is 13.2 Å². The molecular weight excluding hydrogens is 288 g/mol. The first-order valence-corrected chi connectivity index (χ1v) is 9.16. The van der Waals surface area contributed by atoms with Crippen LogP contribution < -0.4 is 10.2 Å². The molecule has 0 heterocycles. The molecule has 0 aliphatic heterocycles. The lowest BCUT2D eigenvalue weighted by Gasteiger charge is -2.22. The van der Waals surface area contributed by atoms with Crippen LogP contribution >= 0.6 is 0 Å². The molecule has 0 aromatic heterocycles. The van der Waals surface area contributed by atoms with E-state index in [0.29, 0.717) is 0 Å². The molecule has 0 fully saturated rings. The number of carbonyl (C=O) groups excluding carboxylic acids is 1. The van der Waals surface area contributed by atoms with Crippen molar-refractivity contribution in [2.24, 2.45) is 0 Å². The molecule has 1 amide bonds. The number of nitrogens with zero attached hydrogens (tertiary/aromatic N) is 1. The molecule has 1 rings (SSSR count). The molecule has 0 aliphatic rings. The molecule has 1 aromatic rings. The number of aryl methyl sites for hydroxylation is 1. The van der Waals surface area contributed by atoms with Crippen LogP contribution in [0.25, 0.3) is 0 Å². The second-order valence-electron chi connectivity index (χ2n) is 5.10. The van der Waals surface area contributed by atoms with Gasteiger partial charge in [-0.3, -0.25) is 4.79 Å². The fourth-order valence-corrected chi connectivity index (χ4v) is 2.62. The number of carbonyl (C=O) groups is 1. The molecule has 0 bridgehead atoms. The standard InChI is InChI=1S/C15H24N2O3S/c1-5-17(6-2)13-7-8-14(12(3)11-13)16-15(18)9-10-21(4,19)20/h7-8,11H,5-6,9-10H2,1-4H3,(H,16,18). The monoisotopic (exact) mass is 312 g/mol. The van der Waals surface area contributed by atoms with Gasteiger partial charge in [-0.05, 0) is 44.5 Å². The minimum absolute atomic E-state index is 0.0178. The first-order valence-electron chi connectivity index (χ1n) is 7.10. The van der Waals surface area contributed by atoms with Gasteiger partial charge >= 0.3 is 0 Å². The number of benzene rings is 1. The number of hydrogen-bond donors (Lipinski definition) is 1. The van der Waals surface area contributed by atoms with Crippen molar-refractivity contribution in [2.75, 3.05) is 35.3 Å². The number of rotatable bonds is 7. The third-order valence-electron chi connectivity index (χ3n) is 3.31. The summed E-state index contributed by atoms with van der Waals surface area (Å²) < 4.78 is 22.1. The topological polar surface area (TPSA) is 66.5 Å². The van der Waals surface area contributed by atoms with Gasteiger partial charge in [-0.25, -0.2) is 8.42 Å². The Morgan fingerprint density at radius 3 is 2.33 bits per heavy atom. The Morgan fingerprint density at radius 1 is 1.24 bits per heavy atom. The zero-order valence-electron chi connectivity index (χ0n) is 13.1. The second-order valence-corrected chi connectivity index (χ2v) is 7.36. The zero-order chi connectivity index (χ0) is 16.0. The first-order chi connectivity index (χ1) is 9.76.